The van der Waals surface area contributed by atoms with E-state index in [0.717, 1.165) is 27.3 Å². The first-order valence-electron chi connectivity index (χ1n) is 7.17. The molecule has 0 unspecified atom stereocenters. The summed E-state index contributed by atoms with van der Waals surface area (Å²) in [5.41, 5.74) is 1.08. The Morgan fingerprint density at radius 2 is 2.04 bits per heavy atom. The molecule has 0 spiro atoms. The number of fused-ring (bicyclic) bond motifs is 1. The van der Waals surface area contributed by atoms with Crippen LogP contribution in [0.2, 0.25) is 0 Å². The Kier molecular flexibility index (Phi) is 5.51. The highest BCUT2D eigenvalue weighted by Gasteiger charge is 2.15. The number of ether oxygens (including phenoxy) is 2. The Bertz CT molecular complexity index is 675. The molecule has 0 saturated carbocycles. The van der Waals surface area contributed by atoms with E-state index >= 15 is 0 Å². The fourth-order valence-corrected chi connectivity index (χ4v) is 3.62. The highest BCUT2D eigenvalue weighted by atomic mass is 79.9. The largest absolute Gasteiger partial charge is 0.486 e. The van der Waals surface area contributed by atoms with E-state index in [9.17, 15) is 4.79 Å². The van der Waals surface area contributed by atoms with Gasteiger partial charge in [-0.25, -0.2) is 0 Å². The van der Waals surface area contributed by atoms with Crippen molar-refractivity contribution in [3.05, 3.63) is 46.3 Å². The third-order valence-electron chi connectivity index (χ3n) is 3.24. The standard InChI is InChI=1S/C16H16BrNO4S/c17-13-7-15-14(21-4-5-22-15)6-11(13)9-23-10-16(19)18-8-12-2-1-3-20-12/h1-3,6-7H,4-5,8-10H2,(H,18,19). The number of rotatable bonds is 6. The number of carbonyl (C=O) groups is 1. The average Bonchev–Trinajstić information content (AvgIpc) is 3.07. The van der Waals surface area contributed by atoms with Crippen molar-refractivity contribution in [3.8, 4) is 11.5 Å². The molecule has 1 aliphatic heterocycles. The Morgan fingerprint density at radius 3 is 2.78 bits per heavy atom. The summed E-state index contributed by atoms with van der Waals surface area (Å²) in [5, 5.41) is 2.83. The van der Waals surface area contributed by atoms with Crippen molar-refractivity contribution in [2.75, 3.05) is 19.0 Å². The van der Waals surface area contributed by atoms with Crippen LogP contribution in [0.4, 0.5) is 0 Å². The van der Waals surface area contributed by atoms with Gasteiger partial charge >= 0.3 is 0 Å². The number of nitrogens with one attached hydrogen (secondary N) is 1. The van der Waals surface area contributed by atoms with Crippen LogP contribution < -0.4 is 14.8 Å². The lowest BCUT2D eigenvalue weighted by atomic mass is 10.2. The number of benzene rings is 1. The van der Waals surface area contributed by atoms with Crippen LogP contribution in [0.3, 0.4) is 0 Å². The van der Waals surface area contributed by atoms with Crippen LogP contribution in [0.15, 0.2) is 39.4 Å². The summed E-state index contributed by atoms with van der Waals surface area (Å²) in [6.45, 7) is 1.56. The quantitative estimate of drug-likeness (QED) is 0.809. The van der Waals surface area contributed by atoms with E-state index in [1.807, 2.05) is 18.2 Å². The summed E-state index contributed by atoms with van der Waals surface area (Å²) >= 11 is 5.09. The van der Waals surface area contributed by atoms with Gasteiger partial charge in [0.2, 0.25) is 5.91 Å². The van der Waals surface area contributed by atoms with Crippen LogP contribution in [0, 0.1) is 0 Å². The molecule has 1 aromatic carbocycles. The maximum Gasteiger partial charge on any atom is 0.230 e. The van der Waals surface area contributed by atoms with Crippen molar-refractivity contribution < 1.29 is 18.7 Å². The number of hydrogen-bond donors (Lipinski definition) is 1. The fourth-order valence-electron chi connectivity index (χ4n) is 2.12. The average molecular weight is 398 g/mol. The zero-order valence-corrected chi connectivity index (χ0v) is 14.7. The lowest BCUT2D eigenvalue weighted by molar-refractivity contribution is -0.118. The molecule has 5 nitrogen and oxygen atoms in total. The highest BCUT2D eigenvalue weighted by molar-refractivity contribution is 9.10. The molecular formula is C16H16BrNO4S. The molecule has 0 radical (unpaired) electrons. The molecule has 0 bridgehead atoms. The predicted octanol–water partition coefficient (Wildman–Crippen LogP) is 3.36. The lowest BCUT2D eigenvalue weighted by Crippen LogP contribution is -2.24. The summed E-state index contributed by atoms with van der Waals surface area (Å²) in [6, 6.07) is 7.52. The van der Waals surface area contributed by atoms with Crippen molar-refractivity contribution in [1.29, 1.82) is 0 Å². The van der Waals surface area contributed by atoms with E-state index in [1.54, 1.807) is 24.1 Å². The molecule has 2 aromatic rings. The summed E-state index contributed by atoms with van der Waals surface area (Å²) in [4.78, 5) is 11.8. The van der Waals surface area contributed by atoms with E-state index in [1.165, 1.54) is 0 Å². The second kappa shape index (κ2) is 7.79. The molecule has 1 aromatic heterocycles. The van der Waals surface area contributed by atoms with Crippen molar-refractivity contribution in [3.63, 3.8) is 0 Å². The molecule has 1 amide bonds. The van der Waals surface area contributed by atoms with Gasteiger partial charge in [-0.1, -0.05) is 15.9 Å². The Labute approximate surface area is 146 Å². The topological polar surface area (TPSA) is 60.7 Å². The molecule has 122 valence electrons. The van der Waals surface area contributed by atoms with Crippen molar-refractivity contribution in [2.24, 2.45) is 0 Å². The van der Waals surface area contributed by atoms with Gasteiger partial charge in [0.05, 0.1) is 18.6 Å². The van der Waals surface area contributed by atoms with Crippen LogP contribution in [0.1, 0.15) is 11.3 Å². The first-order valence-corrected chi connectivity index (χ1v) is 9.12. The van der Waals surface area contributed by atoms with Crippen molar-refractivity contribution in [1.82, 2.24) is 5.32 Å². The SMILES string of the molecule is O=C(CSCc1cc2c(cc1Br)OCCO2)NCc1ccco1. The highest BCUT2D eigenvalue weighted by Crippen LogP contribution is 2.36. The van der Waals surface area contributed by atoms with Gasteiger partial charge in [-0.2, -0.15) is 0 Å². The summed E-state index contributed by atoms with van der Waals surface area (Å²) in [7, 11) is 0. The first-order chi connectivity index (χ1) is 11.2. The molecule has 0 saturated heterocycles. The van der Waals surface area contributed by atoms with Gasteiger partial charge in [0.1, 0.15) is 19.0 Å². The molecule has 3 rings (SSSR count). The van der Waals surface area contributed by atoms with Gasteiger partial charge in [-0.05, 0) is 29.8 Å². The minimum atomic E-state index is -0.0138. The van der Waals surface area contributed by atoms with Crippen molar-refractivity contribution in [2.45, 2.75) is 12.3 Å². The van der Waals surface area contributed by atoms with Crippen LogP contribution in [0.25, 0.3) is 0 Å². The van der Waals surface area contributed by atoms with Crippen LogP contribution in [-0.4, -0.2) is 24.9 Å². The molecule has 0 atom stereocenters. The number of thioether (sulfide) groups is 1. The molecule has 1 N–H and O–H groups in total. The van der Waals surface area contributed by atoms with E-state index in [0.29, 0.717) is 31.3 Å². The Morgan fingerprint density at radius 1 is 1.26 bits per heavy atom. The predicted molar refractivity (Wildman–Crippen MR) is 91.8 cm³/mol. The van der Waals surface area contributed by atoms with Gasteiger partial charge in [-0.15, -0.1) is 11.8 Å². The van der Waals surface area contributed by atoms with E-state index in [4.69, 9.17) is 13.9 Å². The van der Waals surface area contributed by atoms with Gasteiger partial charge in [0.25, 0.3) is 0 Å². The maximum absolute atomic E-state index is 11.8. The van der Waals surface area contributed by atoms with Gasteiger partial charge in [0, 0.05) is 10.2 Å². The fraction of sp³-hybridized carbons (Fsp3) is 0.312. The first kappa shape index (κ1) is 16.3. The second-order valence-corrected chi connectivity index (χ2v) is 6.78. The van der Waals surface area contributed by atoms with E-state index in [2.05, 4.69) is 21.2 Å². The Hall–Kier alpha value is -1.60. The summed E-state index contributed by atoms with van der Waals surface area (Å²) in [5.74, 6) is 3.36. The van der Waals surface area contributed by atoms with Crippen LogP contribution >= 0.6 is 27.7 Å². The normalized spacial score (nSPS) is 12.9. The number of carbonyl (C=O) groups excluding carboxylic acids is 1. The van der Waals surface area contributed by atoms with Gasteiger partial charge in [-0.3, -0.25) is 4.79 Å². The zero-order chi connectivity index (χ0) is 16.1. The molecule has 1 aliphatic rings. The minimum absolute atomic E-state index is 0.0138. The molecule has 23 heavy (non-hydrogen) atoms. The summed E-state index contributed by atoms with van der Waals surface area (Å²) < 4.78 is 17.3. The third kappa shape index (κ3) is 4.45. The maximum atomic E-state index is 11.8. The zero-order valence-electron chi connectivity index (χ0n) is 12.3. The number of halogens is 1. The molecule has 2 heterocycles. The van der Waals surface area contributed by atoms with Gasteiger partial charge in [0.15, 0.2) is 11.5 Å². The molecule has 0 aliphatic carbocycles. The van der Waals surface area contributed by atoms with E-state index < -0.39 is 0 Å². The number of furan rings is 1. The van der Waals surface area contributed by atoms with Crippen LogP contribution in [0.5, 0.6) is 11.5 Å². The van der Waals surface area contributed by atoms with Gasteiger partial charge < -0.3 is 19.2 Å². The van der Waals surface area contributed by atoms with Crippen molar-refractivity contribution >= 4 is 33.6 Å². The minimum Gasteiger partial charge on any atom is -0.486 e. The summed E-state index contributed by atoms with van der Waals surface area (Å²) in [6.07, 6.45) is 1.59. The molecule has 7 heteroatoms. The monoisotopic (exact) mass is 397 g/mol. The third-order valence-corrected chi connectivity index (χ3v) is 4.96. The number of amides is 1. The smallest absolute Gasteiger partial charge is 0.230 e. The lowest BCUT2D eigenvalue weighted by Gasteiger charge is -2.19. The second-order valence-electron chi connectivity index (χ2n) is 4.94. The Balaban J connectivity index is 1.47. The molecule has 0 fully saturated rings. The van der Waals surface area contributed by atoms with Crippen LogP contribution in [-0.2, 0) is 17.1 Å². The number of hydrogen-bond acceptors (Lipinski definition) is 5. The molecular weight excluding hydrogens is 382 g/mol. The van der Waals surface area contributed by atoms with E-state index in [-0.39, 0.29) is 5.91 Å².